The minimum atomic E-state index is -0.873. The highest BCUT2D eigenvalue weighted by molar-refractivity contribution is 8.00. The van der Waals surface area contributed by atoms with Gasteiger partial charge in [-0.1, -0.05) is 24.8 Å². The van der Waals surface area contributed by atoms with Crippen LogP contribution in [0.2, 0.25) is 0 Å². The molecule has 1 atom stereocenters. The van der Waals surface area contributed by atoms with Gasteiger partial charge in [0.05, 0.1) is 0 Å². The van der Waals surface area contributed by atoms with E-state index in [1.807, 2.05) is 6.92 Å². The molecule has 1 aromatic heterocycles. The van der Waals surface area contributed by atoms with Crippen LogP contribution < -0.4 is 5.73 Å². The molecule has 1 aromatic carbocycles. The standard InChI is InChI=1S/C12H13F2N3S2/c1-2-11-16-12(19-17-11)18-6-10(15)7-3-4-8(13)9(14)5-7/h3-5,10H,2,6,15H2,1H3. The fraction of sp³-hybridized carbons (Fsp3) is 0.333. The van der Waals surface area contributed by atoms with Crippen LogP contribution >= 0.6 is 23.3 Å². The minimum Gasteiger partial charge on any atom is -0.323 e. The van der Waals surface area contributed by atoms with Gasteiger partial charge in [0.2, 0.25) is 0 Å². The summed E-state index contributed by atoms with van der Waals surface area (Å²) in [5.74, 6) is -0.375. The maximum atomic E-state index is 13.1. The van der Waals surface area contributed by atoms with Crippen molar-refractivity contribution >= 4 is 23.3 Å². The van der Waals surface area contributed by atoms with Crippen molar-refractivity contribution in [1.29, 1.82) is 0 Å². The smallest absolute Gasteiger partial charge is 0.170 e. The third-order valence-electron chi connectivity index (χ3n) is 2.52. The first-order valence-electron chi connectivity index (χ1n) is 5.76. The molecule has 0 spiro atoms. The van der Waals surface area contributed by atoms with Crippen molar-refractivity contribution in [2.24, 2.45) is 5.73 Å². The first-order chi connectivity index (χ1) is 9.10. The van der Waals surface area contributed by atoms with Crippen LogP contribution in [-0.2, 0) is 6.42 Å². The van der Waals surface area contributed by atoms with Gasteiger partial charge in [-0.3, -0.25) is 0 Å². The van der Waals surface area contributed by atoms with E-state index < -0.39 is 11.6 Å². The Kier molecular flexibility index (Phi) is 4.84. The van der Waals surface area contributed by atoms with Gasteiger partial charge >= 0.3 is 0 Å². The Hall–Kier alpha value is -1.05. The zero-order chi connectivity index (χ0) is 13.8. The van der Waals surface area contributed by atoms with Crippen molar-refractivity contribution in [2.75, 3.05) is 5.75 Å². The van der Waals surface area contributed by atoms with Gasteiger partial charge in [0.1, 0.15) is 5.82 Å². The summed E-state index contributed by atoms with van der Waals surface area (Å²) in [5.41, 5.74) is 6.52. The molecule has 1 unspecified atom stereocenters. The summed E-state index contributed by atoms with van der Waals surface area (Å²) in [6.07, 6.45) is 0.798. The number of thioether (sulfide) groups is 1. The van der Waals surface area contributed by atoms with Crippen LogP contribution in [0.4, 0.5) is 8.78 Å². The molecule has 0 amide bonds. The third kappa shape index (κ3) is 3.71. The number of benzene rings is 1. The van der Waals surface area contributed by atoms with Crippen LogP contribution in [0.5, 0.6) is 0 Å². The summed E-state index contributed by atoms with van der Waals surface area (Å²) in [4.78, 5) is 4.31. The summed E-state index contributed by atoms with van der Waals surface area (Å²) in [6.45, 7) is 1.99. The summed E-state index contributed by atoms with van der Waals surface area (Å²) in [5, 5.41) is 0. The highest BCUT2D eigenvalue weighted by Crippen LogP contribution is 2.25. The first kappa shape index (κ1) is 14.4. The molecule has 0 aliphatic rings. The predicted molar refractivity (Wildman–Crippen MR) is 73.3 cm³/mol. The molecule has 19 heavy (non-hydrogen) atoms. The van der Waals surface area contributed by atoms with E-state index in [9.17, 15) is 8.78 Å². The van der Waals surface area contributed by atoms with Gasteiger partial charge in [0.25, 0.3) is 0 Å². The number of nitrogens with zero attached hydrogens (tertiary/aromatic N) is 2. The highest BCUT2D eigenvalue weighted by Gasteiger charge is 2.11. The molecule has 2 aromatic rings. The molecule has 0 fully saturated rings. The fourth-order valence-electron chi connectivity index (χ4n) is 1.44. The molecule has 2 N–H and O–H groups in total. The summed E-state index contributed by atoms with van der Waals surface area (Å²) in [6, 6.07) is 3.36. The molecule has 2 rings (SSSR count). The van der Waals surface area contributed by atoms with E-state index >= 15 is 0 Å². The zero-order valence-corrected chi connectivity index (χ0v) is 11.9. The van der Waals surface area contributed by atoms with Crippen LogP contribution in [-0.4, -0.2) is 15.1 Å². The lowest BCUT2D eigenvalue weighted by Crippen LogP contribution is -2.13. The van der Waals surface area contributed by atoms with Crippen LogP contribution in [0.1, 0.15) is 24.4 Å². The van der Waals surface area contributed by atoms with Crippen molar-refractivity contribution in [3.63, 3.8) is 0 Å². The average molecular weight is 301 g/mol. The molecule has 102 valence electrons. The molecule has 0 radical (unpaired) electrons. The molecular formula is C12H13F2N3S2. The Morgan fingerprint density at radius 3 is 2.79 bits per heavy atom. The summed E-state index contributed by atoms with van der Waals surface area (Å²) >= 11 is 2.80. The van der Waals surface area contributed by atoms with Gasteiger partial charge in [0.15, 0.2) is 16.0 Å². The normalized spacial score (nSPS) is 12.6. The monoisotopic (exact) mass is 301 g/mol. The number of nitrogens with two attached hydrogens (primary N) is 1. The maximum Gasteiger partial charge on any atom is 0.170 e. The second kappa shape index (κ2) is 6.40. The number of halogens is 2. The van der Waals surface area contributed by atoms with Crippen LogP contribution in [0.15, 0.2) is 22.5 Å². The van der Waals surface area contributed by atoms with Gasteiger partial charge in [-0.05, 0) is 29.2 Å². The average Bonchev–Trinajstić information content (AvgIpc) is 2.87. The minimum absolute atomic E-state index is 0.367. The van der Waals surface area contributed by atoms with Gasteiger partial charge in [-0.25, -0.2) is 13.8 Å². The topological polar surface area (TPSA) is 51.8 Å². The number of rotatable bonds is 5. The van der Waals surface area contributed by atoms with Gasteiger partial charge in [0, 0.05) is 18.2 Å². The van der Waals surface area contributed by atoms with E-state index in [1.54, 1.807) is 0 Å². The van der Waals surface area contributed by atoms with Crippen molar-refractivity contribution in [3.05, 3.63) is 41.2 Å². The SMILES string of the molecule is CCc1nsc(SCC(N)c2ccc(F)c(F)c2)n1. The Bertz CT molecular complexity index is 560. The van der Waals surface area contributed by atoms with E-state index in [0.717, 1.165) is 28.7 Å². The third-order valence-corrected chi connectivity index (χ3v) is 4.51. The Morgan fingerprint density at radius 1 is 1.37 bits per heavy atom. The molecular weight excluding hydrogens is 288 g/mol. The van der Waals surface area contributed by atoms with Gasteiger partial charge in [-0.2, -0.15) is 4.37 Å². The molecule has 3 nitrogen and oxygen atoms in total. The zero-order valence-electron chi connectivity index (χ0n) is 10.3. The largest absolute Gasteiger partial charge is 0.323 e. The quantitative estimate of drug-likeness (QED) is 0.862. The van der Waals surface area contributed by atoms with Crippen molar-refractivity contribution in [3.8, 4) is 0 Å². The second-order valence-corrected chi connectivity index (χ2v) is 5.94. The lowest BCUT2D eigenvalue weighted by atomic mass is 10.1. The van der Waals surface area contributed by atoms with E-state index in [1.165, 1.54) is 29.4 Å². The van der Waals surface area contributed by atoms with Crippen molar-refractivity contribution in [1.82, 2.24) is 9.36 Å². The molecule has 0 saturated carbocycles. The Morgan fingerprint density at radius 2 is 2.16 bits per heavy atom. The number of aromatic nitrogens is 2. The maximum absolute atomic E-state index is 13.1. The fourth-order valence-corrected chi connectivity index (χ4v) is 3.15. The molecule has 7 heteroatoms. The lowest BCUT2D eigenvalue weighted by molar-refractivity contribution is 0.506. The van der Waals surface area contributed by atoms with Crippen molar-refractivity contribution < 1.29 is 8.78 Å². The van der Waals surface area contributed by atoms with Gasteiger partial charge in [-0.15, -0.1) is 0 Å². The molecule has 0 bridgehead atoms. The van der Waals surface area contributed by atoms with E-state index in [-0.39, 0.29) is 6.04 Å². The van der Waals surface area contributed by atoms with E-state index in [2.05, 4.69) is 9.36 Å². The Labute approximate surface area is 118 Å². The first-order valence-corrected chi connectivity index (χ1v) is 7.52. The summed E-state index contributed by atoms with van der Waals surface area (Å²) < 4.78 is 30.9. The number of aryl methyl sites for hydroxylation is 1. The molecule has 1 heterocycles. The molecule has 0 aliphatic carbocycles. The highest BCUT2D eigenvalue weighted by atomic mass is 32.2. The van der Waals surface area contributed by atoms with Crippen LogP contribution in [0.3, 0.4) is 0 Å². The molecule has 0 aliphatic heterocycles. The molecule has 0 saturated heterocycles. The Balaban J connectivity index is 1.96. The van der Waals surface area contributed by atoms with E-state index in [0.29, 0.717) is 11.3 Å². The summed E-state index contributed by atoms with van der Waals surface area (Å²) in [7, 11) is 0. The van der Waals surface area contributed by atoms with Gasteiger partial charge < -0.3 is 5.73 Å². The van der Waals surface area contributed by atoms with Crippen molar-refractivity contribution in [2.45, 2.75) is 23.7 Å². The predicted octanol–water partition coefficient (Wildman–Crippen LogP) is 3.17. The second-order valence-electron chi connectivity index (χ2n) is 3.92. The number of hydrogen-bond donors (Lipinski definition) is 1. The number of hydrogen-bond acceptors (Lipinski definition) is 5. The lowest BCUT2D eigenvalue weighted by Gasteiger charge is -2.10. The van der Waals surface area contributed by atoms with Crippen LogP contribution in [0, 0.1) is 11.6 Å². The van der Waals surface area contributed by atoms with Crippen LogP contribution in [0.25, 0.3) is 0 Å². The van der Waals surface area contributed by atoms with E-state index in [4.69, 9.17) is 5.73 Å².